The molecular formula is C14H26FNO2. The molecule has 0 bridgehead atoms. The van der Waals surface area contributed by atoms with Crippen molar-refractivity contribution >= 4 is 11.7 Å². The van der Waals surface area contributed by atoms with E-state index in [1.807, 2.05) is 20.8 Å². The van der Waals surface area contributed by atoms with Crippen LogP contribution in [0, 0.1) is 5.92 Å². The van der Waals surface area contributed by atoms with Crippen molar-refractivity contribution in [1.29, 1.82) is 0 Å². The zero-order chi connectivity index (χ0) is 14.9. The number of carbonyl (C=O) groups is 2. The minimum atomic E-state index is -0.930. The van der Waals surface area contributed by atoms with E-state index in [0.717, 1.165) is 6.42 Å². The Bertz CT molecular complexity index is 327. The predicted octanol–water partition coefficient (Wildman–Crippen LogP) is 3.42. The molecule has 1 unspecified atom stereocenters. The van der Waals surface area contributed by atoms with Crippen LogP contribution in [-0.2, 0) is 9.59 Å². The molecule has 1 amide bonds. The fourth-order valence-electron chi connectivity index (χ4n) is 0.897. The summed E-state index contributed by atoms with van der Waals surface area (Å²) in [6.07, 6.45) is 0.791. The summed E-state index contributed by atoms with van der Waals surface area (Å²) in [6, 6.07) is 0.0139. The molecule has 0 aromatic carbocycles. The molecule has 0 saturated heterocycles. The number of amides is 1. The van der Waals surface area contributed by atoms with Crippen LogP contribution in [0.15, 0.2) is 24.6 Å². The van der Waals surface area contributed by atoms with Gasteiger partial charge in [0.2, 0.25) is 0 Å². The van der Waals surface area contributed by atoms with Crippen molar-refractivity contribution in [2.45, 2.75) is 47.1 Å². The third kappa shape index (κ3) is 9.75. The molecule has 0 saturated carbocycles. The van der Waals surface area contributed by atoms with Gasteiger partial charge in [-0.15, -0.1) is 0 Å². The number of ketones is 1. The van der Waals surface area contributed by atoms with Crippen molar-refractivity contribution in [3.05, 3.63) is 24.6 Å². The van der Waals surface area contributed by atoms with Crippen LogP contribution in [0.3, 0.4) is 0 Å². The van der Waals surface area contributed by atoms with Crippen LogP contribution in [-0.4, -0.2) is 17.7 Å². The van der Waals surface area contributed by atoms with Crippen molar-refractivity contribution in [1.82, 2.24) is 5.32 Å². The summed E-state index contributed by atoms with van der Waals surface area (Å²) in [4.78, 5) is 21.3. The molecule has 0 aliphatic rings. The van der Waals surface area contributed by atoms with Gasteiger partial charge in [-0.1, -0.05) is 33.9 Å². The minimum Gasteiger partial charge on any atom is -0.348 e. The molecule has 106 valence electrons. The Balaban J connectivity index is -0.000000262. The topological polar surface area (TPSA) is 46.2 Å². The number of carbonyl (C=O) groups excluding carboxylic acids is 2. The summed E-state index contributed by atoms with van der Waals surface area (Å²) in [7, 11) is 0. The first kappa shape index (κ1) is 18.9. The predicted molar refractivity (Wildman–Crippen MR) is 74.9 cm³/mol. The lowest BCUT2D eigenvalue weighted by Gasteiger charge is -2.08. The summed E-state index contributed by atoms with van der Waals surface area (Å²) >= 11 is 0. The zero-order valence-electron chi connectivity index (χ0n) is 12.0. The minimum absolute atomic E-state index is 0. The molecule has 0 fully saturated rings. The quantitative estimate of drug-likeness (QED) is 0.769. The van der Waals surface area contributed by atoms with E-state index >= 15 is 0 Å². The first-order valence-electron chi connectivity index (χ1n) is 5.98. The van der Waals surface area contributed by atoms with Gasteiger partial charge in [0.05, 0.1) is 0 Å². The highest BCUT2D eigenvalue weighted by molar-refractivity contribution is 5.95. The smallest absolute Gasteiger partial charge is 0.279 e. The highest BCUT2D eigenvalue weighted by atomic mass is 19.1. The second-order valence-electron chi connectivity index (χ2n) is 4.49. The molecule has 1 atom stereocenters. The van der Waals surface area contributed by atoms with E-state index in [1.54, 1.807) is 13.8 Å². The molecule has 0 rings (SSSR count). The molecule has 4 heteroatoms. The maximum absolute atomic E-state index is 12.0. The number of rotatable bonds is 5. The van der Waals surface area contributed by atoms with E-state index in [9.17, 15) is 14.0 Å². The number of allylic oxidation sites excluding steroid dienone is 1. The monoisotopic (exact) mass is 259 g/mol. The number of hydrogen-bond donors (Lipinski definition) is 1. The molecular weight excluding hydrogens is 233 g/mol. The van der Waals surface area contributed by atoms with Crippen molar-refractivity contribution in [3.63, 3.8) is 0 Å². The number of hydrogen-bond acceptors (Lipinski definition) is 2. The van der Waals surface area contributed by atoms with Gasteiger partial charge in [0.25, 0.3) is 5.91 Å². The molecule has 0 radical (unpaired) electrons. The Hall–Kier alpha value is -1.45. The lowest BCUT2D eigenvalue weighted by Crippen LogP contribution is -2.31. The van der Waals surface area contributed by atoms with Crippen LogP contribution in [0.4, 0.5) is 4.39 Å². The van der Waals surface area contributed by atoms with E-state index in [2.05, 4.69) is 18.5 Å². The van der Waals surface area contributed by atoms with Gasteiger partial charge in [-0.05, 0) is 25.8 Å². The summed E-state index contributed by atoms with van der Waals surface area (Å²) in [6.45, 7) is 15.6. The summed E-state index contributed by atoms with van der Waals surface area (Å²) < 4.78 is 12.0. The number of Topliss-reactive ketones (excluding diaryl/α,β-unsaturated/α-hetero) is 1. The Morgan fingerprint density at radius 3 is 1.89 bits per heavy atom. The van der Waals surface area contributed by atoms with E-state index in [-0.39, 0.29) is 19.2 Å². The Morgan fingerprint density at radius 2 is 1.72 bits per heavy atom. The van der Waals surface area contributed by atoms with Gasteiger partial charge >= 0.3 is 0 Å². The van der Waals surface area contributed by atoms with E-state index in [0.29, 0.717) is 5.57 Å². The van der Waals surface area contributed by atoms with E-state index in [1.165, 1.54) is 0 Å². The zero-order valence-corrected chi connectivity index (χ0v) is 12.0. The fraction of sp³-hybridized carbons (Fsp3) is 0.571. The molecule has 0 aliphatic carbocycles. The largest absolute Gasteiger partial charge is 0.348 e. The molecule has 0 heterocycles. The number of nitrogens with one attached hydrogen (secondary N) is 1. The fourth-order valence-corrected chi connectivity index (χ4v) is 0.897. The standard InChI is InChI=1S/C7H12FNO.C7H12O.H2/c1-4-5(2)9-7(10)6(3)8;1-5(2)7(8)6(3)4;/h5H,3-4H2,1-2H3,(H,9,10);6H,1H2,2-4H3;1H. The van der Waals surface area contributed by atoms with Crippen molar-refractivity contribution in [2.24, 2.45) is 5.92 Å². The summed E-state index contributed by atoms with van der Waals surface area (Å²) in [5.41, 5.74) is 0.653. The first-order chi connectivity index (χ1) is 8.13. The second-order valence-corrected chi connectivity index (χ2v) is 4.49. The molecule has 18 heavy (non-hydrogen) atoms. The van der Waals surface area contributed by atoms with E-state index in [4.69, 9.17) is 0 Å². The van der Waals surface area contributed by atoms with Crippen LogP contribution >= 0.6 is 0 Å². The van der Waals surface area contributed by atoms with Crippen LogP contribution < -0.4 is 5.32 Å². The maximum Gasteiger partial charge on any atom is 0.279 e. The van der Waals surface area contributed by atoms with Gasteiger partial charge in [0.15, 0.2) is 11.6 Å². The van der Waals surface area contributed by atoms with Gasteiger partial charge < -0.3 is 5.32 Å². The molecule has 3 nitrogen and oxygen atoms in total. The van der Waals surface area contributed by atoms with Gasteiger partial charge in [-0.25, -0.2) is 4.39 Å². The third-order valence-electron chi connectivity index (χ3n) is 2.18. The van der Waals surface area contributed by atoms with Crippen LogP contribution in [0.5, 0.6) is 0 Å². The van der Waals surface area contributed by atoms with Crippen molar-refractivity contribution < 1.29 is 15.4 Å². The maximum atomic E-state index is 12.0. The van der Waals surface area contributed by atoms with Crippen LogP contribution in [0.2, 0.25) is 0 Å². The lowest BCUT2D eigenvalue weighted by molar-refractivity contribution is -0.119. The average Bonchev–Trinajstić information content (AvgIpc) is 2.27. The van der Waals surface area contributed by atoms with Gasteiger partial charge in [0, 0.05) is 13.4 Å². The molecule has 0 spiro atoms. The normalized spacial score (nSPS) is 11.1. The second kappa shape index (κ2) is 9.57. The van der Waals surface area contributed by atoms with Crippen LogP contribution in [0.1, 0.15) is 42.5 Å². The lowest BCUT2D eigenvalue weighted by atomic mass is 10.0. The highest BCUT2D eigenvalue weighted by Crippen LogP contribution is 2.01. The van der Waals surface area contributed by atoms with Crippen LogP contribution in [0.25, 0.3) is 0 Å². The first-order valence-corrected chi connectivity index (χ1v) is 5.98. The Labute approximate surface area is 111 Å². The van der Waals surface area contributed by atoms with Gasteiger partial charge in [-0.2, -0.15) is 0 Å². The van der Waals surface area contributed by atoms with Gasteiger partial charge in [0.1, 0.15) is 0 Å². The van der Waals surface area contributed by atoms with Crippen molar-refractivity contribution in [2.75, 3.05) is 0 Å². The van der Waals surface area contributed by atoms with E-state index < -0.39 is 11.7 Å². The third-order valence-corrected chi connectivity index (χ3v) is 2.18. The highest BCUT2D eigenvalue weighted by Gasteiger charge is 2.07. The summed E-state index contributed by atoms with van der Waals surface area (Å²) in [5.74, 6) is -1.38. The molecule has 0 aliphatic heterocycles. The number of halogens is 1. The van der Waals surface area contributed by atoms with Crippen molar-refractivity contribution in [3.8, 4) is 0 Å². The van der Waals surface area contributed by atoms with Gasteiger partial charge in [-0.3, -0.25) is 9.59 Å². The SMILES string of the molecule is C=C(C)C(=O)C(C)C.C=C(F)C(=O)NC(C)CC.[HH]. The average molecular weight is 259 g/mol. The molecule has 0 aromatic heterocycles. The Kier molecular flexibility index (Phi) is 10.0. The Morgan fingerprint density at radius 1 is 1.28 bits per heavy atom. The molecule has 1 N–H and O–H groups in total. The molecule has 0 aromatic rings. The summed E-state index contributed by atoms with van der Waals surface area (Å²) in [5, 5.41) is 2.42.